The summed E-state index contributed by atoms with van der Waals surface area (Å²) < 4.78 is 74.0. The van der Waals surface area contributed by atoms with E-state index in [1.165, 1.54) is 16.7 Å². The lowest BCUT2D eigenvalue weighted by Crippen LogP contribution is -2.47. The van der Waals surface area contributed by atoms with Gasteiger partial charge in [0.05, 0.1) is 24.2 Å². The molecule has 0 spiro atoms. The smallest absolute Gasteiger partial charge is 0.368 e. The number of pyridine rings is 1. The quantitative estimate of drug-likeness (QED) is 0.467. The summed E-state index contributed by atoms with van der Waals surface area (Å²) in [6, 6.07) is 7.16. The molecule has 5 rings (SSSR count). The third-order valence-electron chi connectivity index (χ3n) is 6.78. The van der Waals surface area contributed by atoms with Crippen molar-refractivity contribution in [2.45, 2.75) is 50.6 Å². The van der Waals surface area contributed by atoms with Crippen molar-refractivity contribution < 1.29 is 31.5 Å². The van der Waals surface area contributed by atoms with Crippen molar-refractivity contribution in [2.75, 3.05) is 13.1 Å². The van der Waals surface area contributed by atoms with Gasteiger partial charge < -0.3 is 18.8 Å². The highest BCUT2D eigenvalue weighted by Gasteiger charge is 2.58. The van der Waals surface area contributed by atoms with E-state index in [1.807, 2.05) is 6.92 Å². The standard InChI is InChI=1S/C25H23F5N4O3/c1-15-12-33(14-31-15)19-7-8-20-22(35)32(10-11-34(20)23(19)36)13-18-6-9-21(37-18)16-2-4-17(5-3-16)24(26,27)25(28,29)30/h2-5,7-8,12,14,18,21H,6,9-11,13H2,1H3/t18-,21+/m1/s1. The molecule has 2 aromatic heterocycles. The van der Waals surface area contributed by atoms with Gasteiger partial charge in [0.15, 0.2) is 0 Å². The Morgan fingerprint density at radius 3 is 2.38 bits per heavy atom. The summed E-state index contributed by atoms with van der Waals surface area (Å²) in [6.45, 7) is 2.71. The molecule has 37 heavy (non-hydrogen) atoms. The van der Waals surface area contributed by atoms with Gasteiger partial charge in [-0.05, 0) is 37.5 Å². The van der Waals surface area contributed by atoms with Crippen molar-refractivity contribution in [2.24, 2.45) is 0 Å². The SMILES string of the molecule is Cc1cn(-c2ccc3n(c2=O)CCN(C[C@H]2CC[C@@H](c4ccc(C(F)(F)C(F)(F)F)cc4)O2)C3=O)cn1. The number of carbonyl (C=O) groups is 1. The van der Waals surface area contributed by atoms with Crippen LogP contribution in [0.1, 0.15) is 46.3 Å². The lowest BCUT2D eigenvalue weighted by atomic mass is 10.0. The number of carbonyl (C=O) groups excluding carboxylic acids is 1. The molecule has 12 heteroatoms. The minimum atomic E-state index is -5.67. The lowest BCUT2D eigenvalue weighted by Gasteiger charge is -2.31. The number of rotatable bonds is 5. The topological polar surface area (TPSA) is 69.4 Å². The Hall–Kier alpha value is -3.54. The Morgan fingerprint density at radius 2 is 1.73 bits per heavy atom. The van der Waals surface area contributed by atoms with E-state index in [0.29, 0.717) is 37.2 Å². The van der Waals surface area contributed by atoms with Crippen LogP contribution in [-0.4, -0.2) is 50.3 Å². The van der Waals surface area contributed by atoms with E-state index in [0.717, 1.165) is 17.8 Å². The van der Waals surface area contributed by atoms with E-state index in [9.17, 15) is 31.5 Å². The van der Waals surface area contributed by atoms with Gasteiger partial charge in [0.1, 0.15) is 11.4 Å². The fraction of sp³-hybridized carbons (Fsp3) is 0.400. The number of benzene rings is 1. The predicted octanol–water partition coefficient (Wildman–Crippen LogP) is 4.37. The molecule has 1 amide bonds. The largest absolute Gasteiger partial charge is 0.458 e. The summed E-state index contributed by atoms with van der Waals surface area (Å²) in [5.74, 6) is -5.24. The molecule has 2 aliphatic rings. The van der Waals surface area contributed by atoms with Gasteiger partial charge in [-0.2, -0.15) is 22.0 Å². The molecule has 0 radical (unpaired) electrons. The Bertz CT molecular complexity index is 1380. The zero-order valence-corrected chi connectivity index (χ0v) is 19.7. The van der Waals surface area contributed by atoms with Crippen LogP contribution in [0.2, 0.25) is 0 Å². The number of aromatic nitrogens is 3. The van der Waals surface area contributed by atoms with Crippen LogP contribution in [-0.2, 0) is 17.2 Å². The first kappa shape index (κ1) is 25.1. The van der Waals surface area contributed by atoms with Gasteiger partial charge in [0.25, 0.3) is 11.5 Å². The van der Waals surface area contributed by atoms with Crippen LogP contribution >= 0.6 is 0 Å². The molecule has 196 valence electrons. The number of imidazole rings is 1. The summed E-state index contributed by atoms with van der Waals surface area (Å²) in [4.78, 5) is 31.8. The number of nitrogens with zero attached hydrogens (tertiary/aromatic N) is 4. The summed E-state index contributed by atoms with van der Waals surface area (Å²) in [6.07, 6.45) is -2.10. The van der Waals surface area contributed by atoms with Crippen LogP contribution in [0.15, 0.2) is 53.7 Å². The number of alkyl halides is 5. The molecule has 0 bridgehead atoms. The molecule has 1 saturated heterocycles. The predicted molar refractivity (Wildman–Crippen MR) is 122 cm³/mol. The summed E-state index contributed by atoms with van der Waals surface area (Å²) in [7, 11) is 0. The number of halogens is 5. The molecular formula is C25H23F5N4O3. The van der Waals surface area contributed by atoms with Crippen molar-refractivity contribution in [1.82, 2.24) is 19.0 Å². The zero-order valence-electron chi connectivity index (χ0n) is 19.7. The van der Waals surface area contributed by atoms with Gasteiger partial charge in [0.2, 0.25) is 0 Å². The number of fused-ring (bicyclic) bond motifs is 1. The molecule has 4 heterocycles. The monoisotopic (exact) mass is 522 g/mol. The number of aryl methyl sites for hydroxylation is 1. The average molecular weight is 522 g/mol. The van der Waals surface area contributed by atoms with Crippen LogP contribution in [0.25, 0.3) is 5.69 Å². The molecular weight excluding hydrogens is 499 g/mol. The second-order valence-electron chi connectivity index (χ2n) is 9.25. The van der Waals surface area contributed by atoms with Crippen LogP contribution in [0.4, 0.5) is 22.0 Å². The highest BCUT2D eigenvalue weighted by molar-refractivity contribution is 5.93. The third-order valence-corrected chi connectivity index (χ3v) is 6.78. The molecule has 3 aromatic rings. The summed E-state index contributed by atoms with van der Waals surface area (Å²) in [5.41, 5.74) is 0.499. The van der Waals surface area contributed by atoms with Crippen molar-refractivity contribution >= 4 is 5.91 Å². The number of hydrogen-bond acceptors (Lipinski definition) is 4. The van der Waals surface area contributed by atoms with Gasteiger partial charge in [0, 0.05) is 31.4 Å². The maximum absolute atomic E-state index is 13.6. The van der Waals surface area contributed by atoms with Crippen LogP contribution in [0, 0.1) is 6.92 Å². The lowest BCUT2D eigenvalue weighted by molar-refractivity contribution is -0.289. The van der Waals surface area contributed by atoms with Crippen LogP contribution in [0.3, 0.4) is 0 Å². The van der Waals surface area contributed by atoms with Crippen molar-refractivity contribution in [3.05, 3.63) is 81.8 Å². The minimum Gasteiger partial charge on any atom is -0.368 e. The maximum atomic E-state index is 13.6. The van der Waals surface area contributed by atoms with E-state index in [2.05, 4.69) is 4.98 Å². The van der Waals surface area contributed by atoms with E-state index >= 15 is 0 Å². The molecule has 1 fully saturated rings. The summed E-state index contributed by atoms with van der Waals surface area (Å²) in [5, 5.41) is 0. The molecule has 7 nitrogen and oxygen atoms in total. The first-order chi connectivity index (χ1) is 17.5. The number of hydrogen-bond donors (Lipinski definition) is 0. The summed E-state index contributed by atoms with van der Waals surface area (Å²) >= 11 is 0. The second kappa shape index (κ2) is 9.09. The Labute approximate surface area is 208 Å². The van der Waals surface area contributed by atoms with Crippen LogP contribution < -0.4 is 5.56 Å². The maximum Gasteiger partial charge on any atom is 0.458 e. The highest BCUT2D eigenvalue weighted by atomic mass is 19.4. The fourth-order valence-corrected chi connectivity index (χ4v) is 4.79. The molecule has 0 N–H and O–H groups in total. The molecule has 0 aliphatic carbocycles. The first-order valence-electron chi connectivity index (χ1n) is 11.7. The van der Waals surface area contributed by atoms with E-state index in [1.54, 1.807) is 34.1 Å². The first-order valence-corrected chi connectivity index (χ1v) is 11.7. The van der Waals surface area contributed by atoms with Crippen molar-refractivity contribution in [3.8, 4) is 5.69 Å². The van der Waals surface area contributed by atoms with Crippen molar-refractivity contribution in [1.29, 1.82) is 0 Å². The van der Waals surface area contributed by atoms with E-state index < -0.39 is 23.8 Å². The number of ether oxygens (including phenoxy) is 1. The van der Waals surface area contributed by atoms with Crippen LogP contribution in [0.5, 0.6) is 0 Å². The Balaban J connectivity index is 1.25. The molecule has 1 aromatic carbocycles. The van der Waals surface area contributed by atoms with Gasteiger partial charge in [-0.3, -0.25) is 9.59 Å². The molecule has 2 atom stereocenters. The number of amides is 1. The van der Waals surface area contributed by atoms with Gasteiger partial charge in [-0.15, -0.1) is 0 Å². The second-order valence-corrected chi connectivity index (χ2v) is 9.25. The zero-order chi connectivity index (χ0) is 26.5. The fourth-order valence-electron chi connectivity index (χ4n) is 4.79. The Kier molecular flexibility index (Phi) is 6.17. The van der Waals surface area contributed by atoms with E-state index in [4.69, 9.17) is 4.74 Å². The van der Waals surface area contributed by atoms with Gasteiger partial charge in [-0.25, -0.2) is 4.98 Å². The average Bonchev–Trinajstić information content (AvgIpc) is 3.50. The molecule has 0 saturated carbocycles. The van der Waals surface area contributed by atoms with Gasteiger partial charge in [-0.1, -0.05) is 24.3 Å². The minimum absolute atomic E-state index is 0.271. The molecule has 2 aliphatic heterocycles. The normalized spacial score (nSPS) is 20.4. The third kappa shape index (κ3) is 4.54. The van der Waals surface area contributed by atoms with Crippen molar-refractivity contribution in [3.63, 3.8) is 0 Å². The van der Waals surface area contributed by atoms with E-state index in [-0.39, 0.29) is 29.8 Å². The Morgan fingerprint density at radius 1 is 1.00 bits per heavy atom. The van der Waals surface area contributed by atoms with Gasteiger partial charge >= 0.3 is 12.1 Å². The highest BCUT2D eigenvalue weighted by Crippen LogP contribution is 2.44. The molecule has 0 unspecified atom stereocenters.